The predicted octanol–water partition coefficient (Wildman–Crippen LogP) is 3.10. The van der Waals surface area contributed by atoms with Crippen molar-refractivity contribution in [3.8, 4) is 0 Å². The van der Waals surface area contributed by atoms with Gasteiger partial charge in [0.1, 0.15) is 12.4 Å². The molecule has 0 fully saturated rings. The molecule has 0 N–H and O–H groups in total. The largest absolute Gasteiger partial charge is 0.334 e. The number of benzene rings is 1. The fourth-order valence-electron chi connectivity index (χ4n) is 2.37. The van der Waals surface area contributed by atoms with Gasteiger partial charge in [-0.1, -0.05) is 24.3 Å². The van der Waals surface area contributed by atoms with Gasteiger partial charge in [0.05, 0.1) is 16.8 Å². The van der Waals surface area contributed by atoms with E-state index in [1.165, 1.54) is 0 Å². The van der Waals surface area contributed by atoms with E-state index in [2.05, 4.69) is 18.1 Å². The third kappa shape index (κ3) is 3.60. The Balaban J connectivity index is 2.32. The Morgan fingerprint density at radius 1 is 1.32 bits per heavy atom. The van der Waals surface area contributed by atoms with Crippen LogP contribution in [-0.2, 0) is 17.1 Å². The lowest BCUT2D eigenvalue weighted by molar-refractivity contribution is -0.130. The molecule has 0 aliphatic carbocycles. The molecule has 2 rings (SSSR count). The Bertz CT molecular complexity index is 668. The quantitative estimate of drug-likeness (QED) is 0.703. The highest BCUT2D eigenvalue weighted by atomic mass is 32.2. The first-order valence-electron chi connectivity index (χ1n) is 7.14. The normalized spacial score (nSPS) is 10.6. The average molecular weight is 315 g/mol. The minimum absolute atomic E-state index is 0.0466. The lowest BCUT2D eigenvalue weighted by Crippen LogP contribution is -2.34. The molecular formula is C17H21N3OS. The molecule has 0 saturated carbocycles. The highest BCUT2D eigenvalue weighted by Crippen LogP contribution is 2.19. The summed E-state index contributed by atoms with van der Waals surface area (Å²) in [6, 6.07) is 7.92. The molecule has 0 atom stereocenters. The van der Waals surface area contributed by atoms with E-state index in [1.54, 1.807) is 28.8 Å². The molecule has 1 aromatic heterocycles. The van der Waals surface area contributed by atoms with Crippen LogP contribution in [-0.4, -0.2) is 39.7 Å². The van der Waals surface area contributed by atoms with Crippen molar-refractivity contribution < 1.29 is 4.79 Å². The summed E-state index contributed by atoms with van der Waals surface area (Å²) >= 11 is 1.70. The standard InChI is InChI=1S/C17H21N3OS/c1-4-10-19(11-5-2)17(21)12-20-15-9-7-6-8-14(15)18-16(20)13-22-3/h4-9H,1-2,10-13H2,3H3. The van der Waals surface area contributed by atoms with Crippen LogP contribution in [0.5, 0.6) is 0 Å². The summed E-state index contributed by atoms with van der Waals surface area (Å²) in [6.07, 6.45) is 5.50. The van der Waals surface area contributed by atoms with E-state index < -0.39 is 0 Å². The molecule has 0 bridgehead atoms. The van der Waals surface area contributed by atoms with Crippen LogP contribution in [0.3, 0.4) is 0 Å². The van der Waals surface area contributed by atoms with Crippen molar-refractivity contribution in [1.29, 1.82) is 0 Å². The van der Waals surface area contributed by atoms with Crippen LogP contribution in [0.1, 0.15) is 5.82 Å². The monoisotopic (exact) mass is 315 g/mol. The van der Waals surface area contributed by atoms with E-state index in [-0.39, 0.29) is 12.5 Å². The molecule has 5 heteroatoms. The van der Waals surface area contributed by atoms with E-state index in [4.69, 9.17) is 0 Å². The Hall–Kier alpha value is -2.01. The lowest BCUT2D eigenvalue weighted by atomic mass is 10.3. The van der Waals surface area contributed by atoms with Gasteiger partial charge < -0.3 is 9.47 Å². The maximum absolute atomic E-state index is 12.6. The van der Waals surface area contributed by atoms with E-state index in [9.17, 15) is 4.79 Å². The zero-order valence-electron chi connectivity index (χ0n) is 12.9. The van der Waals surface area contributed by atoms with Crippen LogP contribution >= 0.6 is 11.8 Å². The first-order chi connectivity index (χ1) is 10.7. The summed E-state index contributed by atoms with van der Waals surface area (Å²) in [7, 11) is 0. The van der Waals surface area contributed by atoms with Crippen LogP contribution in [0.15, 0.2) is 49.6 Å². The summed E-state index contributed by atoms with van der Waals surface area (Å²) in [5.74, 6) is 1.76. The molecule has 2 aromatic rings. The van der Waals surface area contributed by atoms with Gasteiger partial charge in [-0.3, -0.25) is 4.79 Å². The number of carbonyl (C=O) groups is 1. The predicted molar refractivity (Wildman–Crippen MR) is 93.9 cm³/mol. The van der Waals surface area contributed by atoms with E-state index in [0.717, 1.165) is 22.6 Å². The first kappa shape index (κ1) is 16.4. The number of aromatic nitrogens is 2. The molecule has 4 nitrogen and oxygen atoms in total. The minimum Gasteiger partial charge on any atom is -0.334 e. The van der Waals surface area contributed by atoms with Gasteiger partial charge in [-0.05, 0) is 18.4 Å². The van der Waals surface area contributed by atoms with E-state index in [1.807, 2.05) is 35.1 Å². The number of imidazole rings is 1. The van der Waals surface area contributed by atoms with Gasteiger partial charge in [-0.25, -0.2) is 4.98 Å². The molecule has 0 aliphatic rings. The second-order valence-corrected chi connectivity index (χ2v) is 5.78. The van der Waals surface area contributed by atoms with Gasteiger partial charge in [0.25, 0.3) is 0 Å². The van der Waals surface area contributed by atoms with Crippen LogP contribution in [0, 0.1) is 0 Å². The summed E-state index contributed by atoms with van der Waals surface area (Å²) in [6.45, 7) is 8.75. The summed E-state index contributed by atoms with van der Waals surface area (Å²) in [4.78, 5) is 18.9. The van der Waals surface area contributed by atoms with Gasteiger partial charge in [0, 0.05) is 13.1 Å². The highest BCUT2D eigenvalue weighted by Gasteiger charge is 2.16. The molecule has 0 spiro atoms. The molecule has 116 valence electrons. The van der Waals surface area contributed by atoms with Crippen LogP contribution < -0.4 is 0 Å². The van der Waals surface area contributed by atoms with Crippen molar-refractivity contribution in [3.63, 3.8) is 0 Å². The lowest BCUT2D eigenvalue weighted by Gasteiger charge is -2.20. The molecular weight excluding hydrogens is 294 g/mol. The van der Waals surface area contributed by atoms with Crippen molar-refractivity contribution >= 4 is 28.7 Å². The second kappa shape index (κ2) is 7.84. The Labute approximate surface area is 135 Å². The molecule has 22 heavy (non-hydrogen) atoms. The smallest absolute Gasteiger partial charge is 0.243 e. The van der Waals surface area contributed by atoms with Crippen molar-refractivity contribution in [1.82, 2.24) is 14.5 Å². The first-order valence-corrected chi connectivity index (χ1v) is 8.53. The van der Waals surface area contributed by atoms with Gasteiger partial charge >= 0.3 is 0 Å². The fraction of sp³-hybridized carbons (Fsp3) is 0.294. The number of fused-ring (bicyclic) bond motifs is 1. The van der Waals surface area contributed by atoms with Crippen molar-refractivity contribution in [2.45, 2.75) is 12.3 Å². The van der Waals surface area contributed by atoms with E-state index >= 15 is 0 Å². The number of carbonyl (C=O) groups excluding carboxylic acids is 1. The van der Waals surface area contributed by atoms with Crippen LogP contribution in [0.4, 0.5) is 0 Å². The Morgan fingerprint density at radius 2 is 2.00 bits per heavy atom. The number of hydrogen-bond acceptors (Lipinski definition) is 3. The number of para-hydroxylation sites is 2. The summed E-state index contributed by atoms with van der Waals surface area (Å²) in [5.41, 5.74) is 1.93. The number of thioether (sulfide) groups is 1. The zero-order valence-corrected chi connectivity index (χ0v) is 13.7. The second-order valence-electron chi connectivity index (χ2n) is 4.91. The van der Waals surface area contributed by atoms with E-state index in [0.29, 0.717) is 13.1 Å². The zero-order chi connectivity index (χ0) is 15.9. The molecule has 1 amide bonds. The van der Waals surface area contributed by atoms with Gasteiger partial charge in [0.15, 0.2) is 0 Å². The Morgan fingerprint density at radius 3 is 2.64 bits per heavy atom. The third-order valence-corrected chi connectivity index (χ3v) is 3.90. The van der Waals surface area contributed by atoms with Crippen molar-refractivity contribution in [2.75, 3.05) is 19.3 Å². The van der Waals surface area contributed by atoms with Gasteiger partial charge in [0.2, 0.25) is 5.91 Å². The SMILES string of the molecule is C=CCN(CC=C)C(=O)Cn1c(CSC)nc2ccccc21. The maximum atomic E-state index is 12.6. The molecule has 1 aromatic carbocycles. The van der Waals surface area contributed by atoms with Gasteiger partial charge in [-0.15, -0.1) is 13.2 Å². The maximum Gasteiger partial charge on any atom is 0.243 e. The summed E-state index contributed by atoms with van der Waals surface area (Å²) in [5, 5.41) is 0. The number of rotatable bonds is 8. The molecule has 0 radical (unpaired) electrons. The van der Waals surface area contributed by atoms with Crippen molar-refractivity contribution in [3.05, 3.63) is 55.4 Å². The topological polar surface area (TPSA) is 38.1 Å². The Kier molecular flexibility index (Phi) is 5.83. The fourth-order valence-corrected chi connectivity index (χ4v) is 2.84. The number of nitrogens with zero attached hydrogens (tertiary/aromatic N) is 3. The minimum atomic E-state index is 0.0466. The average Bonchev–Trinajstić information content (AvgIpc) is 2.85. The number of hydrogen-bond donors (Lipinski definition) is 0. The molecule has 0 saturated heterocycles. The molecule has 0 unspecified atom stereocenters. The summed E-state index contributed by atoms with van der Waals surface area (Å²) < 4.78 is 2.01. The molecule has 1 heterocycles. The van der Waals surface area contributed by atoms with Gasteiger partial charge in [-0.2, -0.15) is 11.8 Å². The van der Waals surface area contributed by atoms with Crippen molar-refractivity contribution in [2.24, 2.45) is 0 Å². The highest BCUT2D eigenvalue weighted by molar-refractivity contribution is 7.97. The molecule has 0 aliphatic heterocycles. The van der Waals surface area contributed by atoms with Crippen LogP contribution in [0.25, 0.3) is 11.0 Å². The third-order valence-electron chi connectivity index (χ3n) is 3.35. The number of amides is 1. The van der Waals surface area contributed by atoms with Crippen LogP contribution in [0.2, 0.25) is 0 Å².